The molecule has 0 N–H and O–H groups in total. The summed E-state index contributed by atoms with van der Waals surface area (Å²) in [6.07, 6.45) is 5.09. The van der Waals surface area contributed by atoms with Crippen LogP contribution in [0.5, 0.6) is 11.5 Å². The summed E-state index contributed by atoms with van der Waals surface area (Å²) in [5.74, 6) is 1.76. The molecule has 46 heavy (non-hydrogen) atoms. The van der Waals surface area contributed by atoms with Crippen LogP contribution in [0.4, 0.5) is 0 Å². The molecule has 242 valence electrons. The van der Waals surface area contributed by atoms with E-state index in [1.807, 2.05) is 24.3 Å². The molecule has 0 amide bonds. The highest BCUT2D eigenvalue weighted by Gasteiger charge is 2.23. The van der Waals surface area contributed by atoms with Crippen LogP contribution in [0.25, 0.3) is 22.3 Å². The van der Waals surface area contributed by atoms with Crippen molar-refractivity contribution in [1.82, 2.24) is 0 Å². The smallest absolute Gasteiger partial charge is 0.119 e. The fraction of sp³-hybridized carbons (Fsp3) is 0.400. The Morgan fingerprint density at radius 1 is 0.500 bits per heavy atom. The van der Waals surface area contributed by atoms with Gasteiger partial charge in [-0.25, -0.2) is 0 Å². The summed E-state index contributed by atoms with van der Waals surface area (Å²) in [5.41, 5.74) is 7.13. The van der Waals surface area contributed by atoms with E-state index in [0.717, 1.165) is 63.6 Å². The lowest BCUT2D eigenvalue weighted by atomic mass is 10.0. The van der Waals surface area contributed by atoms with Crippen LogP contribution in [0.2, 0.25) is 0 Å². The van der Waals surface area contributed by atoms with E-state index in [-0.39, 0.29) is 24.4 Å². The second kappa shape index (κ2) is 16.2. The Balaban J connectivity index is 0.823. The van der Waals surface area contributed by atoms with Crippen LogP contribution in [0, 0.1) is 0 Å². The van der Waals surface area contributed by atoms with Crippen LogP contribution in [0.1, 0.15) is 62.9 Å². The molecule has 0 aromatic heterocycles. The van der Waals surface area contributed by atoms with Crippen LogP contribution < -0.4 is 9.47 Å². The molecule has 4 unspecified atom stereocenters. The third kappa shape index (κ3) is 9.91. The number of benzene rings is 4. The van der Waals surface area contributed by atoms with Crippen molar-refractivity contribution in [3.8, 4) is 33.8 Å². The number of unbranched alkanes of at least 4 members (excludes halogenated alkanes) is 3. The van der Waals surface area contributed by atoms with Gasteiger partial charge in [-0.15, -0.1) is 0 Å². The molecule has 4 aromatic carbocycles. The molecule has 6 rings (SSSR count). The van der Waals surface area contributed by atoms with Gasteiger partial charge in [0.05, 0.1) is 25.4 Å². The van der Waals surface area contributed by atoms with Gasteiger partial charge in [-0.1, -0.05) is 85.6 Å². The molecule has 0 radical (unpaired) electrons. The topological polar surface area (TPSA) is 62.0 Å². The molecule has 2 saturated heterocycles. The molecule has 2 fully saturated rings. The van der Waals surface area contributed by atoms with Crippen molar-refractivity contribution >= 4 is 0 Å². The third-order valence-corrected chi connectivity index (χ3v) is 8.59. The van der Waals surface area contributed by atoms with E-state index in [1.54, 1.807) is 0 Å². The van der Waals surface area contributed by atoms with Gasteiger partial charge in [0, 0.05) is 13.2 Å². The minimum atomic E-state index is 0.0749. The average molecular weight is 623 g/mol. The second-order valence-electron chi connectivity index (χ2n) is 12.3. The van der Waals surface area contributed by atoms with Crippen LogP contribution >= 0.6 is 0 Å². The second-order valence-corrected chi connectivity index (χ2v) is 12.3. The number of hydrogen-bond acceptors (Lipinski definition) is 6. The SMILES string of the molecule is CC(OCCCCCCOC(C)c1ccc(-c2ccc(OCC3CO3)cc2)cc1)c1ccc(-c2ccc(OCC3CO3)cc2)cc1. The normalized spacial score (nSPS) is 18.1. The van der Waals surface area contributed by atoms with Gasteiger partial charge in [-0.3, -0.25) is 0 Å². The van der Waals surface area contributed by atoms with Gasteiger partial charge in [0.25, 0.3) is 0 Å². The molecule has 6 nitrogen and oxygen atoms in total. The molecule has 6 heteroatoms. The van der Waals surface area contributed by atoms with Crippen molar-refractivity contribution in [2.24, 2.45) is 0 Å². The predicted molar refractivity (Wildman–Crippen MR) is 181 cm³/mol. The van der Waals surface area contributed by atoms with Crippen LogP contribution in [-0.4, -0.2) is 51.8 Å². The first kappa shape index (κ1) is 32.3. The summed E-state index contributed by atoms with van der Waals surface area (Å²) >= 11 is 0. The molecule has 0 spiro atoms. The first-order valence-corrected chi connectivity index (χ1v) is 16.7. The molecular weight excluding hydrogens is 576 g/mol. The van der Waals surface area contributed by atoms with E-state index in [0.29, 0.717) is 13.2 Å². The molecule has 2 heterocycles. The summed E-state index contributed by atoms with van der Waals surface area (Å²) in [6.45, 7) is 8.67. The summed E-state index contributed by atoms with van der Waals surface area (Å²) in [4.78, 5) is 0. The highest BCUT2D eigenvalue weighted by Crippen LogP contribution is 2.28. The maximum absolute atomic E-state index is 6.14. The molecule has 4 aromatic rings. The van der Waals surface area contributed by atoms with Crippen LogP contribution in [0.15, 0.2) is 97.1 Å². The molecule has 0 aliphatic carbocycles. The zero-order chi connectivity index (χ0) is 31.6. The Morgan fingerprint density at radius 2 is 0.826 bits per heavy atom. The number of epoxide rings is 2. The van der Waals surface area contributed by atoms with Crippen molar-refractivity contribution in [1.29, 1.82) is 0 Å². The average Bonchev–Trinajstić information content (AvgIpc) is 4.04. The highest BCUT2D eigenvalue weighted by atomic mass is 16.6. The van der Waals surface area contributed by atoms with E-state index >= 15 is 0 Å². The fourth-order valence-corrected chi connectivity index (χ4v) is 5.36. The van der Waals surface area contributed by atoms with Crippen LogP contribution in [-0.2, 0) is 18.9 Å². The lowest BCUT2D eigenvalue weighted by Gasteiger charge is -2.15. The summed E-state index contributed by atoms with van der Waals surface area (Å²) in [5, 5.41) is 0. The van der Waals surface area contributed by atoms with Gasteiger partial charge < -0.3 is 28.4 Å². The zero-order valence-electron chi connectivity index (χ0n) is 27.1. The van der Waals surface area contributed by atoms with E-state index in [2.05, 4.69) is 86.6 Å². The maximum atomic E-state index is 6.14. The molecular formula is C40H46O6. The Kier molecular flexibility index (Phi) is 11.4. The highest BCUT2D eigenvalue weighted by molar-refractivity contribution is 5.65. The van der Waals surface area contributed by atoms with Gasteiger partial charge in [0.15, 0.2) is 0 Å². The predicted octanol–water partition coefficient (Wildman–Crippen LogP) is 8.99. The van der Waals surface area contributed by atoms with E-state index in [1.165, 1.54) is 33.4 Å². The number of rotatable bonds is 19. The van der Waals surface area contributed by atoms with Gasteiger partial charge in [0.2, 0.25) is 0 Å². The Bertz CT molecular complexity index is 1340. The minimum absolute atomic E-state index is 0.0749. The Hall–Kier alpha value is -3.68. The largest absolute Gasteiger partial charge is 0.491 e. The first-order chi connectivity index (χ1) is 22.6. The van der Waals surface area contributed by atoms with Crippen molar-refractivity contribution in [3.63, 3.8) is 0 Å². The quantitative estimate of drug-likeness (QED) is 0.0768. The van der Waals surface area contributed by atoms with Crippen LogP contribution in [0.3, 0.4) is 0 Å². The lowest BCUT2D eigenvalue weighted by Crippen LogP contribution is -2.03. The monoisotopic (exact) mass is 622 g/mol. The maximum Gasteiger partial charge on any atom is 0.119 e. The molecule has 0 saturated carbocycles. The molecule has 0 bridgehead atoms. The molecule has 2 aliphatic rings. The van der Waals surface area contributed by atoms with Gasteiger partial charge >= 0.3 is 0 Å². The van der Waals surface area contributed by atoms with Gasteiger partial charge in [-0.2, -0.15) is 0 Å². The summed E-state index contributed by atoms with van der Waals surface area (Å²) in [6, 6.07) is 33.8. The molecule has 2 aliphatic heterocycles. The van der Waals surface area contributed by atoms with Crippen molar-refractivity contribution in [2.75, 3.05) is 39.6 Å². The third-order valence-electron chi connectivity index (χ3n) is 8.59. The molecule has 4 atom stereocenters. The standard InChI is InChI=1S/C40H46O6/c1-29(31-7-11-33(12-8-31)35-15-19-37(20-16-35)43-25-39-27-45-39)41-23-5-3-4-6-24-42-30(2)32-9-13-34(14-10-32)36-17-21-38(22-18-36)44-26-40-28-46-40/h7-22,29-30,39-40H,3-6,23-28H2,1-2H3. The zero-order valence-corrected chi connectivity index (χ0v) is 27.1. The Labute approximate surface area is 273 Å². The van der Waals surface area contributed by atoms with E-state index in [9.17, 15) is 0 Å². The lowest BCUT2D eigenvalue weighted by molar-refractivity contribution is 0.0562. The Morgan fingerprint density at radius 3 is 1.15 bits per heavy atom. The number of ether oxygens (including phenoxy) is 6. The summed E-state index contributed by atoms with van der Waals surface area (Å²) in [7, 11) is 0. The summed E-state index contributed by atoms with van der Waals surface area (Å²) < 4.78 is 34.2. The first-order valence-electron chi connectivity index (χ1n) is 16.7. The van der Waals surface area contributed by atoms with Gasteiger partial charge in [0.1, 0.15) is 36.9 Å². The van der Waals surface area contributed by atoms with E-state index < -0.39 is 0 Å². The fourth-order valence-electron chi connectivity index (χ4n) is 5.36. The number of hydrogen-bond donors (Lipinski definition) is 0. The van der Waals surface area contributed by atoms with Crippen molar-refractivity contribution in [3.05, 3.63) is 108 Å². The minimum Gasteiger partial charge on any atom is -0.491 e. The van der Waals surface area contributed by atoms with Gasteiger partial charge in [-0.05, 0) is 84.3 Å². The van der Waals surface area contributed by atoms with Crippen molar-refractivity contribution in [2.45, 2.75) is 63.9 Å². The van der Waals surface area contributed by atoms with Crippen molar-refractivity contribution < 1.29 is 28.4 Å². The van der Waals surface area contributed by atoms with E-state index in [4.69, 9.17) is 28.4 Å².